The molecule has 2 aromatic heterocycles. The Kier molecular flexibility index (Phi) is 6.56. The maximum Gasteiger partial charge on any atom is 0.475 e. The minimum absolute atomic E-state index is 0.0700. The number of nitrogen functional groups attached to an aromatic ring is 1. The van der Waals surface area contributed by atoms with Crippen molar-refractivity contribution >= 4 is 41.9 Å². The van der Waals surface area contributed by atoms with Crippen molar-refractivity contribution in [2.24, 2.45) is 5.73 Å². The summed E-state index contributed by atoms with van der Waals surface area (Å²) in [5.41, 5.74) is 12.6. The van der Waals surface area contributed by atoms with Gasteiger partial charge in [-0.3, -0.25) is 13.6 Å². The number of fused-ring (bicyclic) bond motifs is 2. The Bertz CT molecular complexity index is 1020. The van der Waals surface area contributed by atoms with E-state index in [-0.39, 0.29) is 24.0 Å². The summed E-state index contributed by atoms with van der Waals surface area (Å²) >= 11 is 5.11. The van der Waals surface area contributed by atoms with Gasteiger partial charge in [-0.15, -0.1) is 0 Å². The SMILES string of the molecule is CCOCCCOP1(=O)OC[C@H]2O[C@@H](n3cc(C(N)=S)c4c(N)ncnc43)[C@H](O)[C@@H]2O1. The molecule has 0 saturated carbocycles. The van der Waals surface area contributed by atoms with Crippen LogP contribution in [0.4, 0.5) is 5.82 Å². The number of rotatable bonds is 8. The molecule has 1 unspecified atom stereocenters. The van der Waals surface area contributed by atoms with E-state index in [1.54, 1.807) is 10.8 Å². The van der Waals surface area contributed by atoms with Crippen LogP contribution in [0.1, 0.15) is 25.1 Å². The molecule has 0 aliphatic carbocycles. The lowest BCUT2D eigenvalue weighted by molar-refractivity contribution is -0.0709. The Balaban J connectivity index is 1.53. The molecule has 0 amide bonds. The lowest BCUT2D eigenvalue weighted by Crippen LogP contribution is -2.39. The monoisotopic (exact) mass is 473 g/mol. The van der Waals surface area contributed by atoms with Gasteiger partial charge in [0, 0.05) is 25.0 Å². The van der Waals surface area contributed by atoms with E-state index in [9.17, 15) is 9.67 Å². The average molecular weight is 473 g/mol. The third-order valence-electron chi connectivity index (χ3n) is 5.02. The minimum atomic E-state index is -3.85. The largest absolute Gasteiger partial charge is 0.475 e. The number of hydrogen-bond acceptors (Lipinski definition) is 11. The number of aliphatic hydroxyl groups is 1. The van der Waals surface area contributed by atoms with Gasteiger partial charge in [0.2, 0.25) is 0 Å². The van der Waals surface area contributed by atoms with Gasteiger partial charge in [0.15, 0.2) is 6.23 Å². The first-order valence-corrected chi connectivity index (χ1v) is 11.6. The van der Waals surface area contributed by atoms with Crippen molar-refractivity contribution in [3.63, 3.8) is 0 Å². The highest BCUT2D eigenvalue weighted by Gasteiger charge is 2.53. The molecular formula is C17H24N5O7PS. The summed E-state index contributed by atoms with van der Waals surface area (Å²) in [6, 6.07) is 0. The Morgan fingerprint density at radius 2 is 2.26 bits per heavy atom. The number of phosphoric ester groups is 1. The molecule has 4 heterocycles. The van der Waals surface area contributed by atoms with E-state index in [0.717, 1.165) is 0 Å². The third kappa shape index (κ3) is 4.32. The molecule has 0 aromatic carbocycles. The molecule has 0 spiro atoms. The van der Waals surface area contributed by atoms with Crippen molar-refractivity contribution in [3.05, 3.63) is 18.1 Å². The van der Waals surface area contributed by atoms with E-state index in [0.29, 0.717) is 36.2 Å². The molecule has 2 aliphatic heterocycles. The van der Waals surface area contributed by atoms with Crippen molar-refractivity contribution in [2.75, 3.05) is 32.2 Å². The zero-order valence-electron chi connectivity index (χ0n) is 16.7. The van der Waals surface area contributed by atoms with Crippen LogP contribution < -0.4 is 11.5 Å². The summed E-state index contributed by atoms with van der Waals surface area (Å²) < 4.78 is 41.7. The predicted octanol–water partition coefficient (Wildman–Crippen LogP) is 0.873. The van der Waals surface area contributed by atoms with Crippen molar-refractivity contribution in [3.8, 4) is 0 Å². The Morgan fingerprint density at radius 3 is 3.00 bits per heavy atom. The number of anilines is 1. The van der Waals surface area contributed by atoms with Crippen LogP contribution in [0, 0.1) is 0 Å². The highest BCUT2D eigenvalue weighted by atomic mass is 32.1. The highest BCUT2D eigenvalue weighted by molar-refractivity contribution is 7.80. The second kappa shape index (κ2) is 9.04. The number of aliphatic hydroxyl groups excluding tert-OH is 1. The molecule has 5 atom stereocenters. The van der Waals surface area contributed by atoms with Gasteiger partial charge in [-0.05, 0) is 13.3 Å². The molecule has 12 nitrogen and oxygen atoms in total. The standard InChI is InChI=1S/C17H24N5O7PS/c1-2-25-4-3-5-26-30(24)27-7-10-13(29-30)12(23)17(28-10)22-6-9(15(19)31)11-14(18)20-8-21-16(11)22/h6,8,10,12-13,17,23H,2-5,7H2,1H3,(H2,19,31)(H2,18,20,21)/t10-,12-,13-,17-,30?/m1/s1. The maximum absolute atomic E-state index is 12.8. The van der Waals surface area contributed by atoms with Gasteiger partial charge in [-0.2, -0.15) is 0 Å². The van der Waals surface area contributed by atoms with Crippen molar-refractivity contribution in [2.45, 2.75) is 37.9 Å². The van der Waals surface area contributed by atoms with Gasteiger partial charge in [-0.25, -0.2) is 14.5 Å². The van der Waals surface area contributed by atoms with Crippen molar-refractivity contribution in [1.82, 2.24) is 14.5 Å². The topological polar surface area (TPSA) is 166 Å². The lowest BCUT2D eigenvalue weighted by Gasteiger charge is -2.30. The zero-order valence-corrected chi connectivity index (χ0v) is 18.5. The maximum atomic E-state index is 12.8. The molecule has 2 saturated heterocycles. The molecule has 5 N–H and O–H groups in total. The van der Waals surface area contributed by atoms with Crippen molar-refractivity contribution in [1.29, 1.82) is 0 Å². The number of hydrogen-bond donors (Lipinski definition) is 3. The molecule has 170 valence electrons. The van der Waals surface area contributed by atoms with Crippen LogP contribution in [-0.2, 0) is 27.6 Å². The Hall–Kier alpha value is -1.70. The molecular weight excluding hydrogens is 449 g/mol. The predicted molar refractivity (Wildman–Crippen MR) is 113 cm³/mol. The van der Waals surface area contributed by atoms with E-state index in [2.05, 4.69) is 9.97 Å². The van der Waals surface area contributed by atoms with E-state index in [1.807, 2.05) is 6.92 Å². The van der Waals surface area contributed by atoms with Crippen LogP contribution in [-0.4, -0.2) is 69.4 Å². The quantitative estimate of drug-likeness (QED) is 0.282. The van der Waals surface area contributed by atoms with Gasteiger partial charge >= 0.3 is 7.82 Å². The normalized spacial score (nSPS) is 30.5. The number of aromatic nitrogens is 3. The summed E-state index contributed by atoms with van der Waals surface area (Å²) in [6.07, 6.45) is -0.314. The molecule has 4 rings (SSSR count). The molecule has 0 bridgehead atoms. The molecule has 2 aliphatic rings. The van der Waals surface area contributed by atoms with Crippen LogP contribution >= 0.6 is 20.0 Å². The zero-order chi connectivity index (χ0) is 22.2. The van der Waals surface area contributed by atoms with Gasteiger partial charge < -0.3 is 30.6 Å². The first kappa shape index (κ1) is 22.5. The number of ether oxygens (including phenoxy) is 2. The van der Waals surface area contributed by atoms with Crippen LogP contribution in [0.15, 0.2) is 12.5 Å². The summed E-state index contributed by atoms with van der Waals surface area (Å²) in [6.45, 7) is 2.99. The summed E-state index contributed by atoms with van der Waals surface area (Å²) in [7, 11) is -3.85. The highest BCUT2D eigenvalue weighted by Crippen LogP contribution is 2.56. The fourth-order valence-electron chi connectivity index (χ4n) is 3.60. The summed E-state index contributed by atoms with van der Waals surface area (Å²) in [5.74, 6) is 0.195. The second-order valence-electron chi connectivity index (χ2n) is 7.02. The van der Waals surface area contributed by atoms with Crippen LogP contribution in [0.25, 0.3) is 11.0 Å². The molecule has 2 fully saturated rings. The van der Waals surface area contributed by atoms with Gasteiger partial charge in [0.05, 0.1) is 18.6 Å². The van der Waals surface area contributed by atoms with E-state index >= 15 is 0 Å². The van der Waals surface area contributed by atoms with Gasteiger partial charge in [-0.1, -0.05) is 12.2 Å². The average Bonchev–Trinajstić information content (AvgIpc) is 3.27. The summed E-state index contributed by atoms with van der Waals surface area (Å²) in [5, 5.41) is 11.4. The summed E-state index contributed by atoms with van der Waals surface area (Å²) in [4.78, 5) is 8.31. The number of thiocarbonyl (C=S) groups is 1. The molecule has 0 radical (unpaired) electrons. The molecule has 31 heavy (non-hydrogen) atoms. The first-order valence-electron chi connectivity index (χ1n) is 9.74. The fourth-order valence-corrected chi connectivity index (χ4v) is 5.19. The lowest BCUT2D eigenvalue weighted by atomic mass is 10.1. The van der Waals surface area contributed by atoms with Crippen LogP contribution in [0.2, 0.25) is 0 Å². The Labute approximate surface area is 183 Å². The van der Waals surface area contributed by atoms with E-state index < -0.39 is 32.4 Å². The number of nitrogens with zero attached hydrogens (tertiary/aromatic N) is 3. The molecule has 14 heteroatoms. The van der Waals surface area contributed by atoms with E-state index in [1.165, 1.54) is 6.33 Å². The Morgan fingerprint density at radius 1 is 1.45 bits per heavy atom. The second-order valence-corrected chi connectivity index (χ2v) is 9.09. The molecule has 2 aromatic rings. The van der Waals surface area contributed by atoms with Crippen molar-refractivity contribution < 1.29 is 32.7 Å². The first-order chi connectivity index (χ1) is 14.8. The smallest absolute Gasteiger partial charge is 0.389 e. The van der Waals surface area contributed by atoms with E-state index in [4.69, 9.17) is 46.7 Å². The number of phosphoric acid groups is 1. The van der Waals surface area contributed by atoms with Crippen LogP contribution in [0.3, 0.4) is 0 Å². The van der Waals surface area contributed by atoms with Gasteiger partial charge in [0.1, 0.15) is 41.1 Å². The third-order valence-corrected chi connectivity index (χ3v) is 6.71. The fraction of sp³-hybridized carbons (Fsp3) is 0.588. The minimum Gasteiger partial charge on any atom is -0.389 e. The van der Waals surface area contributed by atoms with Crippen LogP contribution in [0.5, 0.6) is 0 Å². The van der Waals surface area contributed by atoms with Gasteiger partial charge in [0.25, 0.3) is 0 Å². The number of nitrogens with two attached hydrogens (primary N) is 2.